The van der Waals surface area contributed by atoms with Gasteiger partial charge in [-0.3, -0.25) is 0 Å². The van der Waals surface area contributed by atoms with Gasteiger partial charge in [0.05, 0.1) is 7.11 Å². The molecule has 7 heteroatoms. The molecular formula is C25H37NO5Si. The first-order valence-electron chi connectivity index (χ1n) is 10.9. The van der Waals surface area contributed by atoms with E-state index in [4.69, 9.17) is 13.9 Å². The molecule has 0 saturated heterocycles. The van der Waals surface area contributed by atoms with Crippen molar-refractivity contribution in [3.63, 3.8) is 0 Å². The zero-order valence-corrected chi connectivity index (χ0v) is 21.8. The molecule has 0 unspecified atom stereocenters. The largest absolute Gasteiger partial charge is 0.543 e. The van der Waals surface area contributed by atoms with Crippen LogP contribution < -0.4 is 9.74 Å². The van der Waals surface area contributed by atoms with Crippen LogP contribution in [0, 0.1) is 0 Å². The number of benzene rings is 2. The van der Waals surface area contributed by atoms with Crippen LogP contribution in [0.5, 0.6) is 5.75 Å². The van der Waals surface area contributed by atoms with E-state index in [1.807, 2.05) is 36.4 Å². The summed E-state index contributed by atoms with van der Waals surface area (Å²) in [6, 6.07) is 11.0. The number of esters is 1. The Morgan fingerprint density at radius 2 is 1.56 bits per heavy atom. The Morgan fingerprint density at radius 3 is 2.09 bits per heavy atom. The minimum absolute atomic E-state index is 0.0695. The topological polar surface area (TPSA) is 73.9 Å². The third-order valence-electron chi connectivity index (χ3n) is 5.75. The number of hydrogen-bond acceptors (Lipinski definition) is 5. The number of carbonyl (C=O) groups is 2. The van der Waals surface area contributed by atoms with E-state index in [0.29, 0.717) is 0 Å². The van der Waals surface area contributed by atoms with Gasteiger partial charge in [-0.2, -0.15) is 0 Å². The maximum atomic E-state index is 12.4. The zero-order chi connectivity index (χ0) is 24.3. The van der Waals surface area contributed by atoms with Crippen LogP contribution >= 0.6 is 0 Å². The Bertz CT molecular complexity index is 972. The van der Waals surface area contributed by atoms with Gasteiger partial charge >= 0.3 is 12.1 Å². The second-order valence-corrected chi connectivity index (χ2v) is 15.3. The Kier molecular flexibility index (Phi) is 7.65. The predicted octanol–water partition coefficient (Wildman–Crippen LogP) is 5.83. The van der Waals surface area contributed by atoms with Crippen molar-refractivity contribution < 1.29 is 23.5 Å². The van der Waals surface area contributed by atoms with Gasteiger partial charge in [0.1, 0.15) is 17.4 Å². The van der Waals surface area contributed by atoms with Gasteiger partial charge in [-0.15, -0.1) is 0 Å². The smallest absolute Gasteiger partial charge is 0.408 e. The van der Waals surface area contributed by atoms with Crippen molar-refractivity contribution in [3.8, 4) is 5.75 Å². The van der Waals surface area contributed by atoms with Crippen molar-refractivity contribution in [1.29, 1.82) is 0 Å². The Morgan fingerprint density at radius 1 is 0.969 bits per heavy atom. The fourth-order valence-electron chi connectivity index (χ4n) is 3.03. The molecule has 0 saturated carbocycles. The van der Waals surface area contributed by atoms with Gasteiger partial charge in [-0.05, 0) is 55.9 Å². The average Bonchev–Trinajstić information content (AvgIpc) is 2.66. The van der Waals surface area contributed by atoms with E-state index < -0.39 is 32.0 Å². The number of ether oxygens (including phenoxy) is 2. The lowest BCUT2D eigenvalue weighted by Gasteiger charge is -2.37. The molecule has 0 spiro atoms. The molecule has 32 heavy (non-hydrogen) atoms. The highest BCUT2D eigenvalue weighted by Gasteiger charge is 2.39. The lowest BCUT2D eigenvalue weighted by atomic mass is 9.98. The van der Waals surface area contributed by atoms with Gasteiger partial charge in [-0.25, -0.2) is 9.59 Å². The molecule has 0 aliphatic carbocycles. The van der Waals surface area contributed by atoms with Crippen LogP contribution in [0.25, 0.3) is 10.8 Å². The van der Waals surface area contributed by atoms with Gasteiger partial charge in [0.2, 0.25) is 0 Å². The fourth-order valence-corrected chi connectivity index (χ4v) is 4.07. The molecule has 0 fully saturated rings. The first-order chi connectivity index (χ1) is 14.6. The van der Waals surface area contributed by atoms with Gasteiger partial charge in [0.15, 0.2) is 0 Å². The van der Waals surface area contributed by atoms with Crippen molar-refractivity contribution in [2.24, 2.45) is 0 Å². The number of alkyl carbamates (subject to hydrolysis) is 1. The summed E-state index contributed by atoms with van der Waals surface area (Å²) in [5, 5.41) is 4.68. The number of nitrogens with one attached hydrogen (secondary N) is 1. The molecule has 0 radical (unpaired) electrons. The van der Waals surface area contributed by atoms with Crippen molar-refractivity contribution in [3.05, 3.63) is 42.0 Å². The Labute approximate surface area is 192 Å². The second-order valence-electron chi connectivity index (χ2n) is 10.6. The summed E-state index contributed by atoms with van der Waals surface area (Å²) in [6.45, 7) is 16.4. The van der Waals surface area contributed by atoms with E-state index in [9.17, 15) is 9.59 Å². The summed E-state index contributed by atoms with van der Waals surface area (Å²) >= 11 is 0. The summed E-state index contributed by atoms with van der Waals surface area (Å²) in [5.41, 5.74) is 0.245. The molecule has 2 aromatic rings. The summed E-state index contributed by atoms with van der Waals surface area (Å²) < 4.78 is 16.8. The van der Waals surface area contributed by atoms with Crippen LogP contribution in [0.4, 0.5) is 4.79 Å². The highest BCUT2D eigenvalue weighted by molar-refractivity contribution is 6.74. The minimum atomic E-state index is -2.03. The summed E-state index contributed by atoms with van der Waals surface area (Å²) in [7, 11) is -0.722. The number of methoxy groups -OCH3 is 1. The first kappa shape index (κ1) is 25.7. The van der Waals surface area contributed by atoms with E-state index >= 15 is 0 Å². The van der Waals surface area contributed by atoms with Gasteiger partial charge in [-0.1, -0.05) is 51.1 Å². The third kappa shape index (κ3) is 6.48. The van der Waals surface area contributed by atoms with Gasteiger partial charge < -0.3 is 19.2 Å². The standard InChI is InChI=1S/C25H37NO5Si/c1-24(2,3)30-23(28)26-20(22(27)29-7)16-17-14-15-21(19-13-11-10-12-18(17)19)31-32(8,9)25(4,5)6/h10-15,20H,16H2,1-9H3,(H,26,28)/t20-/m1/s1. The molecule has 0 aromatic heterocycles. The van der Waals surface area contributed by atoms with Gasteiger partial charge in [0.25, 0.3) is 8.32 Å². The molecule has 1 atom stereocenters. The van der Waals surface area contributed by atoms with E-state index in [2.05, 4.69) is 39.2 Å². The molecule has 176 valence electrons. The molecule has 0 aliphatic heterocycles. The molecule has 1 N–H and O–H groups in total. The fraction of sp³-hybridized carbons (Fsp3) is 0.520. The number of amides is 1. The van der Waals surface area contributed by atoms with Crippen LogP contribution in [0.15, 0.2) is 36.4 Å². The summed E-state index contributed by atoms with van der Waals surface area (Å²) in [4.78, 5) is 24.7. The quantitative estimate of drug-likeness (QED) is 0.434. The lowest BCUT2D eigenvalue weighted by Crippen LogP contribution is -2.45. The van der Waals surface area contributed by atoms with E-state index in [0.717, 1.165) is 22.1 Å². The number of carbonyl (C=O) groups excluding carboxylic acids is 2. The predicted molar refractivity (Wildman–Crippen MR) is 131 cm³/mol. The molecular weight excluding hydrogens is 422 g/mol. The minimum Gasteiger partial charge on any atom is -0.543 e. The average molecular weight is 460 g/mol. The molecule has 2 aromatic carbocycles. The number of rotatable bonds is 6. The maximum Gasteiger partial charge on any atom is 0.408 e. The van der Waals surface area contributed by atoms with Crippen molar-refractivity contribution in [1.82, 2.24) is 5.32 Å². The van der Waals surface area contributed by atoms with Crippen LogP contribution in [-0.4, -0.2) is 39.1 Å². The summed E-state index contributed by atoms with van der Waals surface area (Å²) in [5.74, 6) is 0.312. The van der Waals surface area contributed by atoms with E-state index in [1.54, 1.807) is 20.8 Å². The molecule has 1 amide bonds. The first-order valence-corrected chi connectivity index (χ1v) is 13.8. The normalized spacial score (nSPS) is 13.4. The number of hydrogen-bond donors (Lipinski definition) is 1. The number of fused-ring (bicyclic) bond motifs is 1. The Balaban J connectivity index is 2.39. The monoisotopic (exact) mass is 459 g/mol. The van der Waals surface area contributed by atoms with Crippen LogP contribution in [0.3, 0.4) is 0 Å². The molecule has 0 aliphatic rings. The molecule has 2 rings (SSSR count). The second kappa shape index (κ2) is 9.53. The van der Waals surface area contributed by atoms with Crippen LogP contribution in [0.1, 0.15) is 47.1 Å². The lowest BCUT2D eigenvalue weighted by molar-refractivity contribution is -0.143. The molecule has 6 nitrogen and oxygen atoms in total. The molecule has 0 heterocycles. The van der Waals surface area contributed by atoms with E-state index in [1.165, 1.54) is 7.11 Å². The van der Waals surface area contributed by atoms with Crippen molar-refractivity contribution in [2.45, 2.75) is 77.7 Å². The van der Waals surface area contributed by atoms with Crippen LogP contribution in [-0.2, 0) is 20.7 Å². The SMILES string of the molecule is COC(=O)[C@@H](Cc1ccc(O[Si](C)(C)C(C)(C)C)c2ccccc12)NC(=O)OC(C)(C)C. The summed E-state index contributed by atoms with van der Waals surface area (Å²) in [6.07, 6.45) is -0.387. The zero-order valence-electron chi connectivity index (χ0n) is 20.8. The van der Waals surface area contributed by atoms with Crippen molar-refractivity contribution in [2.75, 3.05) is 7.11 Å². The maximum absolute atomic E-state index is 12.4. The molecule has 0 bridgehead atoms. The Hall–Kier alpha value is -2.54. The highest BCUT2D eigenvalue weighted by atomic mass is 28.4. The van der Waals surface area contributed by atoms with Gasteiger partial charge in [0, 0.05) is 11.8 Å². The highest BCUT2D eigenvalue weighted by Crippen LogP contribution is 2.39. The van der Waals surface area contributed by atoms with Crippen LogP contribution in [0.2, 0.25) is 18.1 Å². The third-order valence-corrected chi connectivity index (χ3v) is 10.1. The van der Waals surface area contributed by atoms with Crippen molar-refractivity contribution >= 4 is 31.2 Å². The van der Waals surface area contributed by atoms with E-state index in [-0.39, 0.29) is 11.5 Å².